The number of rotatable bonds is 4. The van der Waals surface area contributed by atoms with Crippen molar-refractivity contribution < 1.29 is 4.79 Å². The Hall–Kier alpha value is -2.49. The van der Waals surface area contributed by atoms with Crippen LogP contribution in [0.25, 0.3) is 0 Å². The second kappa shape index (κ2) is 7.63. The molecule has 0 spiro atoms. The average molecular weight is 397 g/mol. The molecule has 0 fully saturated rings. The minimum Gasteiger partial charge on any atom is -0.361 e. The van der Waals surface area contributed by atoms with Crippen molar-refractivity contribution in [3.8, 4) is 0 Å². The van der Waals surface area contributed by atoms with Gasteiger partial charge in [-0.2, -0.15) is 0 Å². The molecule has 1 aliphatic heterocycles. The van der Waals surface area contributed by atoms with Crippen molar-refractivity contribution in [2.75, 3.05) is 11.9 Å². The van der Waals surface area contributed by atoms with Crippen molar-refractivity contribution in [2.45, 2.75) is 12.6 Å². The van der Waals surface area contributed by atoms with Gasteiger partial charge in [-0.15, -0.1) is 0 Å². The normalized spacial score (nSPS) is 16.0. The molecule has 0 aliphatic carbocycles. The number of nitrogens with one attached hydrogen (secondary N) is 1. The largest absolute Gasteiger partial charge is 0.361 e. The topological polar surface area (TPSA) is 32.3 Å². The van der Waals surface area contributed by atoms with Gasteiger partial charge in [-0.05, 0) is 30.2 Å². The lowest BCUT2D eigenvalue weighted by molar-refractivity contribution is 0.0685. The van der Waals surface area contributed by atoms with E-state index in [0.717, 1.165) is 17.7 Å². The lowest BCUT2D eigenvalue weighted by Crippen LogP contribution is -2.44. The number of halogens is 2. The minimum atomic E-state index is -0.373. The first-order valence-electron chi connectivity index (χ1n) is 8.79. The van der Waals surface area contributed by atoms with E-state index in [1.165, 1.54) is 5.56 Å². The molecule has 4 rings (SSSR count). The number of para-hydroxylation sites is 1. The predicted molar refractivity (Wildman–Crippen MR) is 110 cm³/mol. The number of amides is 1. The predicted octanol–water partition coefficient (Wildman–Crippen LogP) is 5.80. The molecule has 0 saturated carbocycles. The minimum absolute atomic E-state index is 0.0127. The van der Waals surface area contributed by atoms with Crippen molar-refractivity contribution in [1.29, 1.82) is 0 Å². The third-order valence-corrected chi connectivity index (χ3v) is 5.62. The highest BCUT2D eigenvalue weighted by atomic mass is 35.5. The number of carbonyl (C=O) groups excluding carboxylic acids is 1. The van der Waals surface area contributed by atoms with Gasteiger partial charge >= 0.3 is 0 Å². The van der Waals surface area contributed by atoms with Gasteiger partial charge in [0.25, 0.3) is 5.91 Å². The molecule has 3 aromatic rings. The maximum atomic E-state index is 13.2. The molecular formula is C22H18Cl2N2O. The van der Waals surface area contributed by atoms with Crippen LogP contribution in [-0.2, 0) is 6.42 Å². The van der Waals surface area contributed by atoms with E-state index < -0.39 is 0 Å². The molecule has 136 valence electrons. The molecule has 1 aliphatic rings. The van der Waals surface area contributed by atoms with Gasteiger partial charge in [-0.3, -0.25) is 4.79 Å². The lowest BCUT2D eigenvalue weighted by atomic mass is 10.0. The summed E-state index contributed by atoms with van der Waals surface area (Å²) in [5, 5.41) is 4.40. The van der Waals surface area contributed by atoms with Gasteiger partial charge in [0.2, 0.25) is 0 Å². The van der Waals surface area contributed by atoms with E-state index in [1.54, 1.807) is 6.07 Å². The summed E-state index contributed by atoms with van der Waals surface area (Å²) in [4.78, 5) is 15.1. The summed E-state index contributed by atoms with van der Waals surface area (Å²) in [7, 11) is 0. The Morgan fingerprint density at radius 1 is 0.889 bits per heavy atom. The lowest BCUT2D eigenvalue weighted by Gasteiger charge is -2.38. The summed E-state index contributed by atoms with van der Waals surface area (Å²) in [6.45, 7) is 0.567. The van der Waals surface area contributed by atoms with Crippen LogP contribution in [-0.4, -0.2) is 17.4 Å². The van der Waals surface area contributed by atoms with Crippen LogP contribution < -0.4 is 5.32 Å². The monoisotopic (exact) mass is 396 g/mol. The van der Waals surface area contributed by atoms with Crippen molar-refractivity contribution in [3.63, 3.8) is 0 Å². The fourth-order valence-corrected chi connectivity index (χ4v) is 3.81. The van der Waals surface area contributed by atoms with Crippen LogP contribution in [0.4, 0.5) is 5.69 Å². The quantitative estimate of drug-likeness (QED) is 0.603. The standard InChI is InChI=1S/C22H18Cl2N2O/c23-18-11-6-10-17(20(18)24)21-25-19-12-5-4-9-16(19)22(27)26(21)14-13-15-7-2-1-3-8-15/h1-12,21,25H,13-14H2. The number of hydrogen-bond acceptors (Lipinski definition) is 2. The van der Waals surface area contributed by atoms with Gasteiger partial charge < -0.3 is 10.2 Å². The molecule has 1 unspecified atom stereocenters. The van der Waals surface area contributed by atoms with Crippen LogP contribution in [0.1, 0.15) is 27.7 Å². The Morgan fingerprint density at radius 2 is 1.63 bits per heavy atom. The summed E-state index contributed by atoms with van der Waals surface area (Å²) in [5.41, 5.74) is 3.44. The number of nitrogens with zero attached hydrogens (tertiary/aromatic N) is 1. The molecule has 0 radical (unpaired) electrons. The van der Waals surface area contributed by atoms with Crippen molar-refractivity contribution in [2.24, 2.45) is 0 Å². The number of carbonyl (C=O) groups is 1. The zero-order valence-electron chi connectivity index (χ0n) is 14.5. The molecule has 5 heteroatoms. The zero-order valence-corrected chi connectivity index (χ0v) is 16.0. The fraction of sp³-hybridized carbons (Fsp3) is 0.136. The van der Waals surface area contributed by atoms with Crippen LogP contribution >= 0.6 is 23.2 Å². The molecule has 27 heavy (non-hydrogen) atoms. The number of hydrogen-bond donors (Lipinski definition) is 1. The van der Waals surface area contributed by atoms with E-state index in [0.29, 0.717) is 22.2 Å². The van der Waals surface area contributed by atoms with Gasteiger partial charge in [-0.25, -0.2) is 0 Å². The van der Waals surface area contributed by atoms with Gasteiger partial charge in [0.15, 0.2) is 0 Å². The highest BCUT2D eigenvalue weighted by Gasteiger charge is 2.33. The Labute approximate surface area is 168 Å². The number of fused-ring (bicyclic) bond motifs is 1. The Bertz CT molecular complexity index is 975. The Kier molecular flexibility index (Phi) is 5.06. The van der Waals surface area contributed by atoms with Crippen molar-refractivity contribution in [3.05, 3.63) is 99.5 Å². The highest BCUT2D eigenvalue weighted by Crippen LogP contribution is 2.38. The molecule has 1 heterocycles. The molecule has 3 nitrogen and oxygen atoms in total. The molecule has 3 aromatic carbocycles. The van der Waals surface area contributed by atoms with E-state index in [4.69, 9.17) is 23.2 Å². The molecular weight excluding hydrogens is 379 g/mol. The zero-order chi connectivity index (χ0) is 18.8. The summed E-state index contributed by atoms with van der Waals surface area (Å²) < 4.78 is 0. The number of anilines is 1. The van der Waals surface area contributed by atoms with Crippen LogP contribution in [0, 0.1) is 0 Å². The maximum Gasteiger partial charge on any atom is 0.257 e. The second-order valence-electron chi connectivity index (χ2n) is 6.47. The average Bonchev–Trinajstić information content (AvgIpc) is 2.70. The highest BCUT2D eigenvalue weighted by molar-refractivity contribution is 6.42. The van der Waals surface area contributed by atoms with E-state index in [2.05, 4.69) is 17.4 Å². The first-order chi connectivity index (χ1) is 13.1. The van der Waals surface area contributed by atoms with Crippen LogP contribution in [0.15, 0.2) is 72.8 Å². The van der Waals surface area contributed by atoms with Crippen LogP contribution in [0.3, 0.4) is 0 Å². The van der Waals surface area contributed by atoms with Gasteiger partial charge in [0.05, 0.1) is 15.6 Å². The molecule has 1 amide bonds. The van der Waals surface area contributed by atoms with Crippen molar-refractivity contribution in [1.82, 2.24) is 4.90 Å². The van der Waals surface area contributed by atoms with E-state index in [1.807, 2.05) is 59.5 Å². The third kappa shape index (κ3) is 3.53. The summed E-state index contributed by atoms with van der Waals surface area (Å²) in [5.74, 6) is -0.0127. The second-order valence-corrected chi connectivity index (χ2v) is 7.25. The van der Waals surface area contributed by atoms with E-state index in [-0.39, 0.29) is 12.1 Å². The fourth-order valence-electron chi connectivity index (χ4n) is 3.39. The Balaban J connectivity index is 1.71. The number of benzene rings is 3. The summed E-state index contributed by atoms with van der Waals surface area (Å²) in [6, 6.07) is 23.2. The summed E-state index contributed by atoms with van der Waals surface area (Å²) >= 11 is 12.7. The smallest absolute Gasteiger partial charge is 0.257 e. The molecule has 1 N–H and O–H groups in total. The van der Waals surface area contributed by atoms with Gasteiger partial charge in [0.1, 0.15) is 6.17 Å². The molecule has 0 bridgehead atoms. The van der Waals surface area contributed by atoms with Crippen LogP contribution in [0.2, 0.25) is 10.0 Å². The third-order valence-electron chi connectivity index (χ3n) is 4.78. The molecule has 0 aromatic heterocycles. The first-order valence-corrected chi connectivity index (χ1v) is 9.55. The van der Waals surface area contributed by atoms with E-state index in [9.17, 15) is 4.79 Å². The van der Waals surface area contributed by atoms with Crippen LogP contribution in [0.5, 0.6) is 0 Å². The maximum absolute atomic E-state index is 13.2. The first kappa shape index (κ1) is 17.9. The van der Waals surface area contributed by atoms with Gasteiger partial charge in [0, 0.05) is 17.8 Å². The van der Waals surface area contributed by atoms with Crippen molar-refractivity contribution >= 4 is 34.8 Å². The molecule has 0 saturated heterocycles. The van der Waals surface area contributed by atoms with E-state index >= 15 is 0 Å². The Morgan fingerprint density at radius 3 is 2.44 bits per heavy atom. The summed E-state index contributed by atoms with van der Waals surface area (Å²) in [6.07, 6.45) is 0.382. The van der Waals surface area contributed by atoms with Gasteiger partial charge in [-0.1, -0.05) is 77.8 Å². The molecule has 1 atom stereocenters. The SMILES string of the molecule is O=C1c2ccccc2NC(c2cccc(Cl)c2Cl)N1CCc1ccccc1.